The maximum Gasteiger partial charge on any atom is 0.309 e. The molecule has 0 unspecified atom stereocenters. The van der Waals surface area contributed by atoms with Crippen LogP contribution in [0.25, 0.3) is 0 Å². The van der Waals surface area contributed by atoms with Gasteiger partial charge in [-0.1, -0.05) is 24.3 Å². The van der Waals surface area contributed by atoms with Crippen molar-refractivity contribution in [2.24, 2.45) is 0 Å². The second kappa shape index (κ2) is 4.87. The Balaban J connectivity index is 2.81. The number of halogens is 1. The van der Waals surface area contributed by atoms with Crippen LogP contribution in [0.5, 0.6) is 0 Å². The van der Waals surface area contributed by atoms with Gasteiger partial charge >= 0.3 is 5.97 Å². The van der Waals surface area contributed by atoms with Gasteiger partial charge in [0.25, 0.3) is 0 Å². The summed E-state index contributed by atoms with van der Waals surface area (Å²) in [4.78, 5) is 11.0. The average molecular weight is 199 g/mol. The van der Waals surface area contributed by atoms with Crippen LogP contribution in [0.2, 0.25) is 0 Å². The van der Waals surface area contributed by atoms with Gasteiger partial charge < -0.3 is 4.74 Å². The summed E-state index contributed by atoms with van der Waals surface area (Å²) >= 11 is 5.71. The van der Waals surface area contributed by atoms with Crippen LogP contribution in [0.3, 0.4) is 0 Å². The molecule has 0 aliphatic carbocycles. The Kier molecular flexibility index (Phi) is 3.77. The van der Waals surface area contributed by atoms with Gasteiger partial charge in [-0.3, -0.25) is 4.79 Å². The largest absolute Gasteiger partial charge is 0.469 e. The highest BCUT2D eigenvalue weighted by molar-refractivity contribution is 6.17. The van der Waals surface area contributed by atoms with E-state index in [2.05, 4.69) is 4.74 Å². The Morgan fingerprint density at radius 1 is 1.38 bits per heavy atom. The molecule has 0 spiro atoms. The molecule has 1 rings (SSSR count). The van der Waals surface area contributed by atoms with E-state index in [9.17, 15) is 4.79 Å². The number of rotatable bonds is 3. The van der Waals surface area contributed by atoms with Crippen molar-refractivity contribution in [1.82, 2.24) is 0 Å². The van der Waals surface area contributed by atoms with Crippen LogP contribution in [-0.2, 0) is 21.8 Å². The fourth-order valence-electron chi connectivity index (χ4n) is 1.09. The van der Waals surface area contributed by atoms with E-state index in [4.69, 9.17) is 11.6 Å². The summed E-state index contributed by atoms with van der Waals surface area (Å²) in [5.41, 5.74) is 1.92. The van der Waals surface area contributed by atoms with Gasteiger partial charge in [-0.15, -0.1) is 11.6 Å². The first kappa shape index (κ1) is 10.1. The number of methoxy groups -OCH3 is 1. The molecule has 1 aromatic rings. The van der Waals surface area contributed by atoms with Gasteiger partial charge in [-0.2, -0.15) is 0 Å². The summed E-state index contributed by atoms with van der Waals surface area (Å²) in [5, 5.41) is 0. The fraction of sp³-hybridized carbons (Fsp3) is 0.300. The van der Waals surface area contributed by atoms with Crippen molar-refractivity contribution in [2.45, 2.75) is 12.3 Å². The number of carbonyl (C=O) groups excluding carboxylic acids is 1. The van der Waals surface area contributed by atoms with E-state index in [-0.39, 0.29) is 5.97 Å². The minimum absolute atomic E-state index is 0.238. The summed E-state index contributed by atoms with van der Waals surface area (Å²) in [6, 6.07) is 7.58. The Morgan fingerprint density at radius 2 is 2.00 bits per heavy atom. The molecule has 0 aliphatic rings. The quantitative estimate of drug-likeness (QED) is 0.550. The SMILES string of the molecule is COC(=O)Cc1ccccc1CCl. The van der Waals surface area contributed by atoms with E-state index >= 15 is 0 Å². The molecular formula is C10H11ClO2. The van der Waals surface area contributed by atoms with Crippen molar-refractivity contribution < 1.29 is 9.53 Å². The summed E-state index contributed by atoms with van der Waals surface area (Å²) in [6.07, 6.45) is 0.291. The average Bonchev–Trinajstić information content (AvgIpc) is 2.18. The van der Waals surface area contributed by atoms with E-state index in [0.29, 0.717) is 12.3 Å². The molecule has 0 bridgehead atoms. The minimum Gasteiger partial charge on any atom is -0.469 e. The maximum atomic E-state index is 11.0. The number of hydrogen-bond acceptors (Lipinski definition) is 2. The Morgan fingerprint density at radius 3 is 2.54 bits per heavy atom. The smallest absolute Gasteiger partial charge is 0.309 e. The maximum absolute atomic E-state index is 11.0. The summed E-state index contributed by atoms with van der Waals surface area (Å²) in [7, 11) is 1.38. The Hall–Kier alpha value is -1.02. The van der Waals surface area contributed by atoms with Crippen LogP contribution in [0.15, 0.2) is 24.3 Å². The lowest BCUT2D eigenvalue weighted by Gasteiger charge is -2.04. The molecule has 13 heavy (non-hydrogen) atoms. The van der Waals surface area contributed by atoms with E-state index in [1.807, 2.05) is 24.3 Å². The highest BCUT2D eigenvalue weighted by Crippen LogP contribution is 2.12. The van der Waals surface area contributed by atoms with E-state index < -0.39 is 0 Å². The second-order valence-electron chi connectivity index (χ2n) is 2.66. The number of alkyl halides is 1. The third kappa shape index (κ3) is 2.74. The number of hydrogen-bond donors (Lipinski definition) is 0. The first-order valence-electron chi connectivity index (χ1n) is 3.97. The van der Waals surface area contributed by atoms with Gasteiger partial charge in [0.1, 0.15) is 0 Å². The predicted octanol–water partition coefficient (Wildman–Crippen LogP) is 2.14. The molecule has 0 amide bonds. The van der Waals surface area contributed by atoms with Crippen LogP contribution in [-0.4, -0.2) is 13.1 Å². The van der Waals surface area contributed by atoms with Gasteiger partial charge in [0.15, 0.2) is 0 Å². The molecule has 0 fully saturated rings. The van der Waals surface area contributed by atoms with Crippen molar-refractivity contribution in [3.63, 3.8) is 0 Å². The first-order valence-corrected chi connectivity index (χ1v) is 4.51. The normalized spacial score (nSPS) is 9.69. The molecule has 0 heterocycles. The van der Waals surface area contributed by atoms with Crippen LogP contribution >= 0.6 is 11.6 Å². The predicted molar refractivity (Wildman–Crippen MR) is 51.7 cm³/mol. The van der Waals surface area contributed by atoms with Crippen LogP contribution in [0.1, 0.15) is 11.1 Å². The minimum atomic E-state index is -0.238. The zero-order valence-electron chi connectivity index (χ0n) is 7.42. The topological polar surface area (TPSA) is 26.3 Å². The third-order valence-electron chi connectivity index (χ3n) is 1.82. The summed E-state index contributed by atoms with van der Waals surface area (Å²) < 4.78 is 4.57. The lowest BCUT2D eigenvalue weighted by molar-refractivity contribution is -0.139. The molecule has 0 radical (unpaired) electrons. The number of benzene rings is 1. The molecule has 0 saturated heterocycles. The standard InChI is InChI=1S/C10H11ClO2/c1-13-10(12)6-8-4-2-3-5-9(8)7-11/h2-5H,6-7H2,1H3. The van der Waals surface area contributed by atoms with Crippen molar-refractivity contribution in [3.8, 4) is 0 Å². The van der Waals surface area contributed by atoms with Gasteiger partial charge in [0.05, 0.1) is 13.5 Å². The van der Waals surface area contributed by atoms with Crippen LogP contribution in [0.4, 0.5) is 0 Å². The first-order chi connectivity index (χ1) is 6.27. The zero-order chi connectivity index (χ0) is 9.68. The number of esters is 1. The Bertz CT molecular complexity index is 297. The molecule has 3 heteroatoms. The third-order valence-corrected chi connectivity index (χ3v) is 2.11. The molecule has 2 nitrogen and oxygen atoms in total. The highest BCUT2D eigenvalue weighted by Gasteiger charge is 2.05. The summed E-state index contributed by atoms with van der Waals surface area (Å²) in [6.45, 7) is 0. The van der Waals surface area contributed by atoms with E-state index in [1.54, 1.807) is 0 Å². The molecule has 0 N–H and O–H groups in total. The molecule has 0 saturated carbocycles. The van der Waals surface area contributed by atoms with Gasteiger partial charge in [-0.05, 0) is 11.1 Å². The van der Waals surface area contributed by atoms with Gasteiger partial charge in [0.2, 0.25) is 0 Å². The zero-order valence-corrected chi connectivity index (χ0v) is 8.17. The van der Waals surface area contributed by atoms with Crippen molar-refractivity contribution >= 4 is 17.6 Å². The number of ether oxygens (including phenoxy) is 1. The molecule has 70 valence electrons. The van der Waals surface area contributed by atoms with Crippen LogP contribution in [0, 0.1) is 0 Å². The molecular weight excluding hydrogens is 188 g/mol. The van der Waals surface area contributed by atoms with Crippen LogP contribution < -0.4 is 0 Å². The van der Waals surface area contributed by atoms with E-state index in [1.165, 1.54) is 7.11 Å². The fourth-order valence-corrected chi connectivity index (χ4v) is 1.35. The highest BCUT2D eigenvalue weighted by atomic mass is 35.5. The molecule has 0 atom stereocenters. The molecule has 0 aromatic heterocycles. The van der Waals surface area contributed by atoms with Crippen molar-refractivity contribution in [3.05, 3.63) is 35.4 Å². The van der Waals surface area contributed by atoms with E-state index in [0.717, 1.165) is 11.1 Å². The molecule has 1 aromatic carbocycles. The lowest BCUT2D eigenvalue weighted by atomic mass is 10.1. The van der Waals surface area contributed by atoms with Gasteiger partial charge in [-0.25, -0.2) is 0 Å². The second-order valence-corrected chi connectivity index (χ2v) is 2.92. The lowest BCUT2D eigenvalue weighted by Crippen LogP contribution is -2.06. The Labute approximate surface area is 82.5 Å². The molecule has 0 aliphatic heterocycles. The monoisotopic (exact) mass is 198 g/mol. The van der Waals surface area contributed by atoms with Crippen molar-refractivity contribution in [2.75, 3.05) is 7.11 Å². The van der Waals surface area contributed by atoms with Gasteiger partial charge in [0, 0.05) is 5.88 Å². The summed E-state index contributed by atoms with van der Waals surface area (Å²) in [5.74, 6) is 0.185. The van der Waals surface area contributed by atoms with Crippen molar-refractivity contribution in [1.29, 1.82) is 0 Å². The number of carbonyl (C=O) groups is 1.